The Hall–Kier alpha value is -3.48. The molecule has 0 unspecified atom stereocenters. The molecule has 0 radical (unpaired) electrons. The van der Waals surface area contributed by atoms with E-state index in [9.17, 15) is 14.7 Å². The van der Waals surface area contributed by atoms with Crippen molar-refractivity contribution in [1.82, 2.24) is 14.5 Å². The van der Waals surface area contributed by atoms with E-state index in [1.54, 1.807) is 18.5 Å². The van der Waals surface area contributed by atoms with Gasteiger partial charge in [-0.3, -0.25) is 24.3 Å². The zero-order valence-electron chi connectivity index (χ0n) is 14.9. The standard InChI is InChI=1S/C20H20N4O3/c1-2-16(22-12-15-9-6-10-21-11-15)17-18(25)23-20(27)24(19(17)26)13-14-7-4-3-5-8-14/h3-11,26H,2,12-13H2,1H3,(H,23,25,27). The van der Waals surface area contributed by atoms with E-state index in [1.165, 1.54) is 0 Å². The third-order valence-electron chi connectivity index (χ3n) is 4.15. The molecular weight excluding hydrogens is 344 g/mol. The van der Waals surface area contributed by atoms with Crippen molar-refractivity contribution in [2.45, 2.75) is 26.4 Å². The number of pyridine rings is 1. The van der Waals surface area contributed by atoms with Crippen molar-refractivity contribution in [3.8, 4) is 5.88 Å². The van der Waals surface area contributed by atoms with Crippen LogP contribution in [0.5, 0.6) is 5.88 Å². The fourth-order valence-corrected chi connectivity index (χ4v) is 2.78. The number of hydrogen-bond acceptors (Lipinski definition) is 5. The van der Waals surface area contributed by atoms with Gasteiger partial charge in [0.2, 0.25) is 5.88 Å². The molecule has 2 heterocycles. The highest BCUT2D eigenvalue weighted by Gasteiger charge is 2.18. The number of aromatic hydroxyl groups is 1. The van der Waals surface area contributed by atoms with Gasteiger partial charge >= 0.3 is 5.69 Å². The van der Waals surface area contributed by atoms with Crippen LogP contribution in [0.1, 0.15) is 30.0 Å². The fraction of sp³-hybridized carbons (Fsp3) is 0.200. The first-order valence-corrected chi connectivity index (χ1v) is 8.62. The largest absolute Gasteiger partial charge is 0.494 e. The van der Waals surface area contributed by atoms with E-state index in [2.05, 4.69) is 15.0 Å². The SMILES string of the molecule is CCC(=NCc1cccnc1)c1c(O)n(Cc2ccccc2)c(=O)[nH]c1=O. The molecule has 2 aromatic heterocycles. The first-order valence-electron chi connectivity index (χ1n) is 8.62. The Balaban J connectivity index is 2.02. The lowest BCUT2D eigenvalue weighted by molar-refractivity contribution is 0.407. The van der Waals surface area contributed by atoms with Crippen molar-refractivity contribution in [3.05, 3.63) is 92.4 Å². The van der Waals surface area contributed by atoms with E-state index in [0.29, 0.717) is 18.7 Å². The normalized spacial score (nSPS) is 11.5. The van der Waals surface area contributed by atoms with Gasteiger partial charge in [0.25, 0.3) is 5.56 Å². The summed E-state index contributed by atoms with van der Waals surface area (Å²) in [7, 11) is 0. The third-order valence-corrected chi connectivity index (χ3v) is 4.15. The highest BCUT2D eigenvalue weighted by molar-refractivity contribution is 6.01. The molecule has 7 nitrogen and oxygen atoms in total. The number of nitrogens with one attached hydrogen (secondary N) is 1. The molecule has 0 spiro atoms. The summed E-state index contributed by atoms with van der Waals surface area (Å²) >= 11 is 0. The Morgan fingerprint density at radius 1 is 1.15 bits per heavy atom. The van der Waals surface area contributed by atoms with Crippen LogP contribution >= 0.6 is 0 Å². The number of rotatable bonds is 6. The van der Waals surface area contributed by atoms with Gasteiger partial charge < -0.3 is 5.11 Å². The predicted molar refractivity (Wildman–Crippen MR) is 103 cm³/mol. The molecule has 138 valence electrons. The summed E-state index contributed by atoms with van der Waals surface area (Å²) in [6, 6.07) is 12.9. The van der Waals surface area contributed by atoms with Gasteiger partial charge in [0, 0.05) is 12.4 Å². The van der Waals surface area contributed by atoms with Gasteiger partial charge in [-0.2, -0.15) is 0 Å². The first kappa shape index (κ1) is 18.3. The van der Waals surface area contributed by atoms with Crippen LogP contribution in [0.4, 0.5) is 0 Å². The van der Waals surface area contributed by atoms with Crippen LogP contribution in [-0.2, 0) is 13.1 Å². The lowest BCUT2D eigenvalue weighted by Crippen LogP contribution is -2.34. The van der Waals surface area contributed by atoms with Crippen LogP contribution in [0.15, 0.2) is 69.4 Å². The second-order valence-electron chi connectivity index (χ2n) is 6.01. The number of benzene rings is 1. The highest BCUT2D eigenvalue weighted by Crippen LogP contribution is 2.15. The average molecular weight is 364 g/mol. The molecule has 7 heteroatoms. The fourth-order valence-electron chi connectivity index (χ4n) is 2.78. The summed E-state index contributed by atoms with van der Waals surface area (Å²) in [5.41, 5.74) is 0.868. The molecule has 0 amide bonds. The Morgan fingerprint density at radius 3 is 2.56 bits per heavy atom. The maximum absolute atomic E-state index is 12.4. The van der Waals surface area contributed by atoms with E-state index < -0.39 is 11.2 Å². The molecule has 0 atom stereocenters. The van der Waals surface area contributed by atoms with E-state index in [0.717, 1.165) is 15.7 Å². The number of aromatic amines is 1. The zero-order chi connectivity index (χ0) is 19.2. The summed E-state index contributed by atoms with van der Waals surface area (Å²) in [4.78, 5) is 35.3. The predicted octanol–water partition coefficient (Wildman–Crippen LogP) is 2.08. The summed E-state index contributed by atoms with van der Waals surface area (Å²) in [6.07, 6.45) is 3.79. The van der Waals surface area contributed by atoms with E-state index in [-0.39, 0.29) is 18.0 Å². The van der Waals surface area contributed by atoms with E-state index >= 15 is 0 Å². The smallest absolute Gasteiger partial charge is 0.331 e. The topological polar surface area (TPSA) is 100 Å². The Morgan fingerprint density at radius 2 is 1.89 bits per heavy atom. The molecule has 2 N–H and O–H groups in total. The minimum atomic E-state index is -0.659. The van der Waals surface area contributed by atoms with E-state index in [4.69, 9.17) is 0 Å². The van der Waals surface area contributed by atoms with Gasteiger partial charge in [0.15, 0.2) is 0 Å². The van der Waals surface area contributed by atoms with Crippen molar-refractivity contribution in [1.29, 1.82) is 0 Å². The maximum Gasteiger partial charge on any atom is 0.331 e. The van der Waals surface area contributed by atoms with Gasteiger partial charge in [0.1, 0.15) is 5.56 Å². The molecule has 0 aliphatic heterocycles. The van der Waals surface area contributed by atoms with Crippen LogP contribution in [0.3, 0.4) is 0 Å². The Kier molecular flexibility index (Phi) is 5.61. The third kappa shape index (κ3) is 4.20. The number of nitrogens with zero attached hydrogens (tertiary/aromatic N) is 3. The number of hydrogen-bond donors (Lipinski definition) is 2. The second kappa shape index (κ2) is 8.27. The molecular formula is C20H20N4O3. The molecule has 0 fully saturated rings. The highest BCUT2D eigenvalue weighted by atomic mass is 16.3. The first-order chi connectivity index (χ1) is 13.1. The average Bonchev–Trinajstić information content (AvgIpc) is 2.69. The molecule has 3 aromatic rings. The van der Waals surface area contributed by atoms with Gasteiger partial charge in [-0.25, -0.2) is 4.79 Å². The molecule has 0 saturated heterocycles. The van der Waals surface area contributed by atoms with Crippen LogP contribution in [0.25, 0.3) is 0 Å². The van der Waals surface area contributed by atoms with Crippen LogP contribution in [-0.4, -0.2) is 25.4 Å². The molecule has 27 heavy (non-hydrogen) atoms. The monoisotopic (exact) mass is 364 g/mol. The van der Waals surface area contributed by atoms with Crippen LogP contribution in [0, 0.1) is 0 Å². The van der Waals surface area contributed by atoms with E-state index in [1.807, 2.05) is 43.3 Å². The lowest BCUT2D eigenvalue weighted by Gasteiger charge is -2.12. The Bertz CT molecular complexity index is 1050. The molecule has 3 rings (SSSR count). The summed E-state index contributed by atoms with van der Waals surface area (Å²) in [6.45, 7) is 2.32. The van der Waals surface area contributed by atoms with Gasteiger partial charge in [-0.15, -0.1) is 0 Å². The van der Waals surface area contributed by atoms with Gasteiger partial charge in [-0.1, -0.05) is 43.3 Å². The molecule has 0 aliphatic carbocycles. The minimum Gasteiger partial charge on any atom is -0.494 e. The van der Waals surface area contributed by atoms with Crippen molar-refractivity contribution >= 4 is 5.71 Å². The molecule has 0 aliphatic rings. The van der Waals surface area contributed by atoms with Crippen molar-refractivity contribution in [2.24, 2.45) is 4.99 Å². The van der Waals surface area contributed by atoms with Crippen LogP contribution < -0.4 is 11.2 Å². The van der Waals surface area contributed by atoms with Crippen molar-refractivity contribution in [3.63, 3.8) is 0 Å². The lowest BCUT2D eigenvalue weighted by atomic mass is 10.1. The molecule has 1 aromatic carbocycles. The summed E-state index contributed by atoms with van der Waals surface area (Å²) < 4.78 is 1.14. The Labute approximate surface area is 155 Å². The quantitative estimate of drug-likeness (QED) is 0.654. The second-order valence-corrected chi connectivity index (χ2v) is 6.01. The number of H-pyrrole nitrogens is 1. The minimum absolute atomic E-state index is 0.0249. The molecule has 0 saturated carbocycles. The maximum atomic E-state index is 12.4. The van der Waals surface area contributed by atoms with Crippen LogP contribution in [0.2, 0.25) is 0 Å². The molecule has 0 bridgehead atoms. The van der Waals surface area contributed by atoms with Gasteiger partial charge in [0.05, 0.1) is 18.8 Å². The number of aliphatic imine (C=N–C) groups is 1. The number of aromatic nitrogens is 3. The van der Waals surface area contributed by atoms with Crippen molar-refractivity contribution < 1.29 is 5.11 Å². The summed E-state index contributed by atoms with van der Waals surface area (Å²) in [5, 5.41) is 10.7. The summed E-state index contributed by atoms with van der Waals surface area (Å²) in [5.74, 6) is -0.376. The zero-order valence-corrected chi connectivity index (χ0v) is 14.9. The van der Waals surface area contributed by atoms with Gasteiger partial charge in [-0.05, 0) is 23.6 Å². The van der Waals surface area contributed by atoms with Crippen molar-refractivity contribution in [2.75, 3.05) is 0 Å².